The molecule has 5 aromatic rings. The number of hydrogen-bond donors (Lipinski definition) is 1. The third kappa shape index (κ3) is 7.90. The lowest BCUT2D eigenvalue weighted by Crippen LogP contribution is -2.57. The van der Waals surface area contributed by atoms with Gasteiger partial charge in [-0.2, -0.15) is 0 Å². The minimum atomic E-state index is -1.99. The standard InChI is InChI=1S/C20H25BrN2O4Si.C20H25BrN2O2Si/c1-19(2,3)28(4,5)27-20(12-26-13-20)15-8-6-14(7-9-15)18-17(23(24)25)10-16(21)11-22-18;1-19(2,3)26(4,5)25-20(11-24-12-20)13-6-7-15-16(8-13)23-17-9-14(21)10-22-18(15)17/h6-11H,12-13H2,1-5H3;6-10,23H,11-12H2,1-5H3. The van der Waals surface area contributed by atoms with E-state index in [1.165, 1.54) is 11.6 Å². The minimum absolute atomic E-state index is 0.0265. The molecule has 2 saturated heterocycles. The number of hydrogen-bond acceptors (Lipinski definition) is 8. The second-order valence-corrected chi connectivity index (χ2v) is 28.8. The van der Waals surface area contributed by atoms with Gasteiger partial charge in [0.25, 0.3) is 5.69 Å². The first kappa shape index (κ1) is 40.8. The van der Waals surface area contributed by atoms with Crippen LogP contribution < -0.4 is 0 Å². The molecular weight excluding hydrogens is 848 g/mol. The molecule has 10 nitrogen and oxygen atoms in total. The van der Waals surface area contributed by atoms with Crippen LogP contribution in [0.2, 0.25) is 36.3 Å². The largest absolute Gasteiger partial charge is 0.403 e. The summed E-state index contributed by atoms with van der Waals surface area (Å²) in [5, 5.41) is 12.8. The predicted octanol–water partition coefficient (Wildman–Crippen LogP) is 11.4. The van der Waals surface area contributed by atoms with Crippen LogP contribution >= 0.6 is 31.9 Å². The zero-order chi connectivity index (χ0) is 39.5. The van der Waals surface area contributed by atoms with Gasteiger partial charge in [-0.15, -0.1) is 0 Å². The van der Waals surface area contributed by atoms with Crippen molar-refractivity contribution in [1.82, 2.24) is 15.0 Å². The van der Waals surface area contributed by atoms with Gasteiger partial charge in [0.1, 0.15) is 16.9 Å². The Morgan fingerprint density at radius 3 is 1.74 bits per heavy atom. The molecule has 1 N–H and O–H groups in total. The van der Waals surface area contributed by atoms with Crippen LogP contribution in [0.1, 0.15) is 52.7 Å². The Morgan fingerprint density at radius 1 is 0.741 bits per heavy atom. The molecule has 54 heavy (non-hydrogen) atoms. The van der Waals surface area contributed by atoms with Crippen molar-refractivity contribution in [3.05, 3.63) is 97.2 Å². The monoisotopic (exact) mass is 896 g/mol. The lowest BCUT2D eigenvalue weighted by molar-refractivity contribution is -0.384. The molecule has 0 amide bonds. The molecule has 5 heterocycles. The van der Waals surface area contributed by atoms with Gasteiger partial charge < -0.3 is 23.3 Å². The van der Waals surface area contributed by atoms with Crippen molar-refractivity contribution in [3.63, 3.8) is 0 Å². The molecule has 0 atom stereocenters. The van der Waals surface area contributed by atoms with Crippen LogP contribution in [-0.4, -0.2) is 62.9 Å². The highest BCUT2D eigenvalue weighted by atomic mass is 79.9. The van der Waals surface area contributed by atoms with Gasteiger partial charge >= 0.3 is 0 Å². The van der Waals surface area contributed by atoms with Crippen LogP contribution in [0.3, 0.4) is 0 Å². The van der Waals surface area contributed by atoms with Crippen LogP contribution in [0.5, 0.6) is 0 Å². The van der Waals surface area contributed by atoms with E-state index >= 15 is 0 Å². The quantitative estimate of drug-likeness (QED) is 0.0928. The van der Waals surface area contributed by atoms with Crippen LogP contribution in [0.25, 0.3) is 33.2 Å². The average Bonchev–Trinajstić information content (AvgIpc) is 3.40. The molecule has 0 spiro atoms. The molecule has 2 fully saturated rings. The molecule has 7 rings (SSSR count). The number of halogens is 2. The fourth-order valence-corrected chi connectivity index (χ4v) is 9.87. The SMILES string of the molecule is CC(C)(C)[Si](C)(C)OC1(c2ccc(-c3ncc(Br)cc3[N+](=O)[O-])cc2)COC1.CC(C)(C)[Si](C)(C)OC1(c2ccc3c(c2)[nH]c2cc(Br)cnc23)COC1. The van der Waals surface area contributed by atoms with Crippen molar-refractivity contribution in [2.45, 2.75) is 89.0 Å². The molecule has 2 aliphatic rings. The average molecular weight is 899 g/mol. The van der Waals surface area contributed by atoms with Crippen LogP contribution in [0.15, 0.2) is 75.9 Å². The summed E-state index contributed by atoms with van der Waals surface area (Å²) in [6.45, 7) is 24.8. The summed E-state index contributed by atoms with van der Waals surface area (Å²) in [5.41, 5.74) is 5.60. The summed E-state index contributed by atoms with van der Waals surface area (Å²) in [5.74, 6) is 0. The molecule has 3 aromatic heterocycles. The highest BCUT2D eigenvalue weighted by molar-refractivity contribution is 9.10. The van der Waals surface area contributed by atoms with Gasteiger partial charge in [0, 0.05) is 43.9 Å². The van der Waals surface area contributed by atoms with E-state index in [2.05, 4.69) is 139 Å². The lowest BCUT2D eigenvalue weighted by Gasteiger charge is -2.50. The zero-order valence-electron chi connectivity index (χ0n) is 32.7. The predicted molar refractivity (Wildman–Crippen MR) is 227 cm³/mol. The molecule has 2 aliphatic heterocycles. The van der Waals surface area contributed by atoms with E-state index in [1.807, 2.05) is 30.5 Å². The number of rotatable bonds is 8. The Hall–Kier alpha value is -2.83. The molecule has 2 aromatic carbocycles. The number of fused-ring (bicyclic) bond motifs is 3. The minimum Gasteiger partial charge on any atom is -0.403 e. The van der Waals surface area contributed by atoms with Crippen molar-refractivity contribution in [2.24, 2.45) is 0 Å². The summed E-state index contributed by atoms with van der Waals surface area (Å²) < 4.78 is 26.2. The lowest BCUT2D eigenvalue weighted by atomic mass is 9.91. The number of nitrogens with zero attached hydrogens (tertiary/aromatic N) is 3. The number of H-pyrrole nitrogens is 1. The number of nitro groups is 1. The molecule has 288 valence electrons. The van der Waals surface area contributed by atoms with Crippen LogP contribution in [-0.2, 0) is 29.5 Å². The maximum Gasteiger partial charge on any atom is 0.296 e. The highest BCUT2D eigenvalue weighted by Gasteiger charge is 2.51. The van der Waals surface area contributed by atoms with E-state index in [0.29, 0.717) is 42.2 Å². The van der Waals surface area contributed by atoms with Crippen molar-refractivity contribution < 1.29 is 23.2 Å². The molecule has 0 aliphatic carbocycles. The third-order valence-corrected chi connectivity index (χ3v) is 21.4. The van der Waals surface area contributed by atoms with E-state index in [-0.39, 0.29) is 21.4 Å². The number of aromatic nitrogens is 3. The van der Waals surface area contributed by atoms with E-state index in [0.717, 1.165) is 32.0 Å². The van der Waals surface area contributed by atoms with Crippen molar-refractivity contribution in [1.29, 1.82) is 0 Å². The van der Waals surface area contributed by atoms with E-state index in [1.54, 1.807) is 6.20 Å². The molecule has 0 unspecified atom stereocenters. The van der Waals surface area contributed by atoms with Gasteiger partial charge in [-0.3, -0.25) is 15.1 Å². The Bertz CT molecular complexity index is 2190. The summed E-state index contributed by atoms with van der Waals surface area (Å²) in [6.07, 6.45) is 3.41. The van der Waals surface area contributed by atoms with Gasteiger partial charge in [0.15, 0.2) is 16.6 Å². The Labute approximate surface area is 336 Å². The van der Waals surface area contributed by atoms with Gasteiger partial charge in [-0.25, -0.2) is 4.98 Å². The topological polar surface area (TPSA) is 122 Å². The maximum atomic E-state index is 11.4. The van der Waals surface area contributed by atoms with E-state index < -0.39 is 27.2 Å². The molecule has 14 heteroatoms. The van der Waals surface area contributed by atoms with Gasteiger partial charge in [0.05, 0.1) is 42.4 Å². The Kier molecular flexibility index (Phi) is 11.0. The summed E-state index contributed by atoms with van der Waals surface area (Å²) in [6, 6.07) is 17.8. The van der Waals surface area contributed by atoms with Gasteiger partial charge in [-0.1, -0.05) is 77.9 Å². The molecular formula is C40H50Br2N4O6Si2. The summed E-state index contributed by atoms with van der Waals surface area (Å²) in [4.78, 5) is 23.3. The van der Waals surface area contributed by atoms with Crippen molar-refractivity contribution in [2.75, 3.05) is 26.4 Å². The number of pyridine rings is 2. The third-order valence-electron chi connectivity index (χ3n) is 11.5. The van der Waals surface area contributed by atoms with Crippen molar-refractivity contribution >= 4 is 76.1 Å². The van der Waals surface area contributed by atoms with E-state index in [4.69, 9.17) is 18.3 Å². The fraction of sp³-hybridized carbons (Fsp3) is 0.450. The first-order valence-electron chi connectivity index (χ1n) is 18.1. The Balaban J connectivity index is 0.000000185. The van der Waals surface area contributed by atoms with Gasteiger partial charge in [-0.05, 0) is 91.4 Å². The van der Waals surface area contributed by atoms with E-state index in [9.17, 15) is 10.1 Å². The van der Waals surface area contributed by atoms with Crippen molar-refractivity contribution in [3.8, 4) is 11.3 Å². The molecule has 0 saturated carbocycles. The number of aromatic amines is 1. The summed E-state index contributed by atoms with van der Waals surface area (Å²) >= 11 is 6.74. The smallest absolute Gasteiger partial charge is 0.296 e. The highest BCUT2D eigenvalue weighted by Crippen LogP contribution is 2.47. The normalized spacial score (nSPS) is 17.0. The van der Waals surface area contributed by atoms with Crippen LogP contribution in [0.4, 0.5) is 5.69 Å². The first-order valence-corrected chi connectivity index (χ1v) is 25.5. The fourth-order valence-electron chi connectivity index (χ4n) is 6.18. The number of benzene rings is 2. The maximum absolute atomic E-state index is 11.4. The summed E-state index contributed by atoms with van der Waals surface area (Å²) in [7, 11) is -3.90. The number of ether oxygens (including phenoxy) is 2. The molecule has 0 bridgehead atoms. The second-order valence-electron chi connectivity index (χ2n) is 17.5. The van der Waals surface area contributed by atoms with Gasteiger partial charge in [0.2, 0.25) is 0 Å². The Morgan fingerprint density at radius 2 is 1.24 bits per heavy atom. The number of nitrogens with one attached hydrogen (secondary N) is 1. The zero-order valence-corrected chi connectivity index (χ0v) is 37.9. The second kappa shape index (κ2) is 14.6. The molecule has 0 radical (unpaired) electrons. The van der Waals surface area contributed by atoms with Crippen LogP contribution in [0, 0.1) is 10.1 Å². The first-order chi connectivity index (χ1) is 25.1.